The maximum atomic E-state index is 13.3. The average molecular weight is 593 g/mol. The van der Waals surface area contributed by atoms with E-state index in [1.165, 1.54) is 12.5 Å². The van der Waals surface area contributed by atoms with Gasteiger partial charge in [0.2, 0.25) is 0 Å². The maximum Gasteiger partial charge on any atom is 0.331 e. The molecule has 0 saturated heterocycles. The average Bonchev–Trinajstić information content (AvgIpc) is 3.36. The SMILES string of the molecule is CC(=O)O[C@@H]1C[C@@]2(C)C=C[C@H](CC[C@H](C)CCCc3ccccc3)[C@]3([C@H]1C(C)(C)CC[C@@H]3O)[C@@]2(O)CCC1=CC(=O)OC1. The van der Waals surface area contributed by atoms with Gasteiger partial charge in [0, 0.05) is 29.7 Å². The highest BCUT2D eigenvalue weighted by Gasteiger charge is 2.76. The molecule has 8 atom stereocenters. The lowest BCUT2D eigenvalue weighted by molar-refractivity contribution is -0.324. The molecule has 1 aromatic rings. The number of carbonyl (C=O) groups is 2. The fourth-order valence-electron chi connectivity index (χ4n) is 9.75. The van der Waals surface area contributed by atoms with Crippen molar-refractivity contribution in [1.82, 2.24) is 0 Å². The molecular weight excluding hydrogens is 540 g/mol. The van der Waals surface area contributed by atoms with E-state index in [2.05, 4.69) is 70.2 Å². The number of rotatable bonds is 11. The molecule has 5 rings (SSSR count). The van der Waals surface area contributed by atoms with Crippen molar-refractivity contribution in [3.63, 3.8) is 0 Å². The zero-order chi connectivity index (χ0) is 31.0. The van der Waals surface area contributed by atoms with Gasteiger partial charge in [0.25, 0.3) is 0 Å². The molecule has 2 fully saturated rings. The van der Waals surface area contributed by atoms with Crippen LogP contribution in [0.3, 0.4) is 0 Å². The van der Waals surface area contributed by atoms with E-state index < -0.39 is 28.6 Å². The second kappa shape index (κ2) is 12.2. The van der Waals surface area contributed by atoms with Crippen molar-refractivity contribution in [3.05, 3.63) is 59.7 Å². The quantitative estimate of drug-likeness (QED) is 0.219. The lowest BCUT2D eigenvalue weighted by Gasteiger charge is -2.73. The molecule has 0 amide bonds. The Bertz CT molecular complexity index is 1230. The van der Waals surface area contributed by atoms with Gasteiger partial charge in [0.05, 0.1) is 11.7 Å². The minimum Gasteiger partial charge on any atom is -0.462 e. The number of hydrogen-bond donors (Lipinski definition) is 2. The molecule has 0 radical (unpaired) electrons. The monoisotopic (exact) mass is 592 g/mol. The van der Waals surface area contributed by atoms with Crippen LogP contribution in [0.25, 0.3) is 0 Å². The third-order valence-electron chi connectivity index (χ3n) is 11.8. The summed E-state index contributed by atoms with van der Waals surface area (Å²) < 4.78 is 11.3. The van der Waals surface area contributed by atoms with E-state index in [1.807, 2.05) is 0 Å². The van der Waals surface area contributed by atoms with Gasteiger partial charge in [-0.1, -0.05) is 83.0 Å². The summed E-state index contributed by atoms with van der Waals surface area (Å²) in [7, 11) is 0. The topological polar surface area (TPSA) is 93.1 Å². The van der Waals surface area contributed by atoms with Gasteiger partial charge in [-0.15, -0.1) is 0 Å². The molecule has 1 aliphatic heterocycles. The number of esters is 2. The first-order valence-electron chi connectivity index (χ1n) is 16.5. The van der Waals surface area contributed by atoms with Crippen LogP contribution < -0.4 is 0 Å². The number of fused-ring (bicyclic) bond motifs is 1. The Morgan fingerprint density at radius 3 is 2.56 bits per heavy atom. The summed E-state index contributed by atoms with van der Waals surface area (Å²) in [6, 6.07) is 10.6. The van der Waals surface area contributed by atoms with Crippen molar-refractivity contribution in [2.45, 2.75) is 117 Å². The molecule has 2 saturated carbocycles. The van der Waals surface area contributed by atoms with Crippen molar-refractivity contribution in [1.29, 1.82) is 0 Å². The van der Waals surface area contributed by atoms with E-state index >= 15 is 0 Å². The molecule has 0 aromatic heterocycles. The van der Waals surface area contributed by atoms with Crippen LogP contribution in [-0.2, 0) is 25.5 Å². The molecule has 1 heterocycles. The van der Waals surface area contributed by atoms with Gasteiger partial charge in [-0.25, -0.2) is 4.79 Å². The Balaban J connectivity index is 1.48. The van der Waals surface area contributed by atoms with Gasteiger partial charge in [-0.05, 0) is 79.8 Å². The fourth-order valence-corrected chi connectivity index (χ4v) is 9.75. The van der Waals surface area contributed by atoms with E-state index in [9.17, 15) is 19.8 Å². The number of cyclic esters (lactones) is 1. The minimum atomic E-state index is -1.26. The maximum absolute atomic E-state index is 13.3. The Hall–Kier alpha value is -2.44. The predicted molar refractivity (Wildman–Crippen MR) is 167 cm³/mol. The van der Waals surface area contributed by atoms with Crippen molar-refractivity contribution in [3.8, 4) is 0 Å². The number of aryl methyl sites for hydroxylation is 1. The van der Waals surface area contributed by atoms with Crippen LogP contribution >= 0.6 is 0 Å². The Morgan fingerprint density at radius 1 is 1.14 bits per heavy atom. The number of hydrogen-bond acceptors (Lipinski definition) is 6. The second-order valence-corrected chi connectivity index (χ2v) is 15.0. The third-order valence-corrected chi connectivity index (χ3v) is 11.8. The summed E-state index contributed by atoms with van der Waals surface area (Å²) in [6.45, 7) is 10.5. The molecule has 2 N–H and O–H groups in total. The van der Waals surface area contributed by atoms with Crippen LogP contribution in [0.1, 0.15) is 98.0 Å². The second-order valence-electron chi connectivity index (χ2n) is 15.0. The van der Waals surface area contributed by atoms with Crippen molar-refractivity contribution in [2.75, 3.05) is 6.61 Å². The molecule has 3 aliphatic carbocycles. The van der Waals surface area contributed by atoms with Crippen LogP contribution in [0.5, 0.6) is 0 Å². The molecule has 0 unspecified atom stereocenters. The first-order valence-corrected chi connectivity index (χ1v) is 16.5. The Morgan fingerprint density at radius 2 is 1.88 bits per heavy atom. The lowest BCUT2D eigenvalue weighted by atomic mass is 9.33. The van der Waals surface area contributed by atoms with Crippen molar-refractivity contribution in [2.24, 2.45) is 34.0 Å². The molecule has 2 bridgehead atoms. The molecule has 1 aromatic carbocycles. The van der Waals surface area contributed by atoms with Gasteiger partial charge in [0.15, 0.2) is 0 Å². The van der Waals surface area contributed by atoms with Gasteiger partial charge < -0.3 is 19.7 Å². The van der Waals surface area contributed by atoms with Crippen LogP contribution in [-0.4, -0.2) is 46.6 Å². The molecular formula is C37H52O6. The Labute approximate surface area is 257 Å². The van der Waals surface area contributed by atoms with Gasteiger partial charge in [-0.3, -0.25) is 4.79 Å². The standard InChI is InChI=1S/C37H52O6/c1-25(10-9-13-27-11-7-6-8-12-27)14-15-29-17-20-35(5)23-30(43-26(2)38)33-34(3,4)19-18-31(39)37(29,33)36(35,41)21-16-28-22-32(40)42-24-28/h6-8,11-12,17,20,22,25,29-31,33,39,41H,9-10,13-16,18-19,21,23-24H2,1-5H3/t25-,29+,30-,31+,33-,35-,36-,37+/m1/s1. The molecule has 43 heavy (non-hydrogen) atoms. The molecule has 4 aliphatic rings. The highest BCUT2D eigenvalue weighted by Crippen LogP contribution is 2.73. The van der Waals surface area contributed by atoms with E-state index in [0.717, 1.165) is 44.1 Å². The molecule has 1 spiro atoms. The van der Waals surface area contributed by atoms with Crippen molar-refractivity contribution >= 4 is 11.9 Å². The minimum absolute atomic E-state index is 0.0736. The van der Waals surface area contributed by atoms with Crippen LogP contribution in [0.2, 0.25) is 0 Å². The third kappa shape index (κ3) is 5.75. The van der Waals surface area contributed by atoms with Gasteiger partial charge in [-0.2, -0.15) is 0 Å². The number of aliphatic hydroxyl groups excluding tert-OH is 1. The van der Waals surface area contributed by atoms with E-state index in [0.29, 0.717) is 31.6 Å². The van der Waals surface area contributed by atoms with Gasteiger partial charge in [0.1, 0.15) is 12.7 Å². The number of aliphatic hydroxyl groups is 2. The van der Waals surface area contributed by atoms with Gasteiger partial charge >= 0.3 is 11.9 Å². The first-order chi connectivity index (χ1) is 20.3. The van der Waals surface area contributed by atoms with E-state index in [4.69, 9.17) is 9.47 Å². The number of carbonyl (C=O) groups excluding carboxylic acids is 2. The summed E-state index contributed by atoms with van der Waals surface area (Å²) in [5.74, 6) is -0.440. The highest BCUT2D eigenvalue weighted by atomic mass is 16.5. The number of ether oxygens (including phenoxy) is 2. The predicted octanol–water partition coefficient (Wildman–Crippen LogP) is 6.73. The van der Waals surface area contributed by atoms with Crippen LogP contribution in [0.15, 0.2) is 54.1 Å². The summed E-state index contributed by atoms with van der Waals surface area (Å²) in [5.41, 5.74) is -0.880. The zero-order valence-electron chi connectivity index (χ0n) is 26.8. The summed E-state index contributed by atoms with van der Waals surface area (Å²) in [6.07, 6.45) is 12.8. The first kappa shape index (κ1) is 32.0. The number of allylic oxidation sites excluding steroid dienone is 1. The highest BCUT2D eigenvalue weighted by molar-refractivity contribution is 5.85. The zero-order valence-corrected chi connectivity index (χ0v) is 26.8. The lowest BCUT2D eigenvalue weighted by Crippen LogP contribution is -2.78. The van der Waals surface area contributed by atoms with Crippen LogP contribution in [0, 0.1) is 34.0 Å². The normalized spacial score (nSPS) is 36.8. The van der Waals surface area contributed by atoms with Crippen molar-refractivity contribution < 1.29 is 29.3 Å². The summed E-state index contributed by atoms with van der Waals surface area (Å²) in [4.78, 5) is 24.3. The smallest absolute Gasteiger partial charge is 0.331 e. The van der Waals surface area contributed by atoms with E-state index in [-0.39, 0.29) is 35.8 Å². The van der Waals surface area contributed by atoms with E-state index in [1.54, 1.807) is 6.08 Å². The molecule has 6 nitrogen and oxygen atoms in total. The largest absolute Gasteiger partial charge is 0.462 e. The summed E-state index contributed by atoms with van der Waals surface area (Å²) in [5, 5.41) is 25.5. The molecule has 236 valence electrons. The van der Waals surface area contributed by atoms with Crippen LogP contribution in [0.4, 0.5) is 0 Å². The summed E-state index contributed by atoms with van der Waals surface area (Å²) >= 11 is 0. The fraction of sp³-hybridized carbons (Fsp3) is 0.676. The Kier molecular flexibility index (Phi) is 9.04. The molecule has 6 heteroatoms. The number of benzene rings is 1.